The summed E-state index contributed by atoms with van der Waals surface area (Å²) in [6.07, 6.45) is 8.74. The average molecular weight is 520 g/mol. The highest BCUT2D eigenvalue weighted by Crippen LogP contribution is 2.48. The second-order valence-electron chi connectivity index (χ2n) is 11.6. The van der Waals surface area contributed by atoms with Crippen LogP contribution >= 0.6 is 0 Å². The van der Waals surface area contributed by atoms with E-state index in [4.69, 9.17) is 5.73 Å². The fourth-order valence-electron chi connectivity index (χ4n) is 6.90. The Balaban J connectivity index is 0.949. The Labute approximate surface area is 228 Å². The topological polar surface area (TPSA) is 83.9 Å². The fourth-order valence-corrected chi connectivity index (χ4v) is 6.90. The minimum atomic E-state index is -0.397. The molecule has 7 heteroatoms. The fraction of sp³-hybridized carbons (Fsp3) is 0.344. The summed E-state index contributed by atoms with van der Waals surface area (Å²) in [6, 6.07) is 20.8. The van der Waals surface area contributed by atoms with Crippen LogP contribution in [0, 0.1) is 5.41 Å². The van der Waals surface area contributed by atoms with Gasteiger partial charge in [-0.1, -0.05) is 36.4 Å². The smallest absolute Gasteiger partial charge is 0.248 e. The Morgan fingerprint density at radius 1 is 0.974 bits per heavy atom. The van der Waals surface area contributed by atoms with Crippen LogP contribution < -0.4 is 5.73 Å². The third-order valence-electron chi connectivity index (χ3n) is 9.13. The molecule has 7 nitrogen and oxygen atoms in total. The maximum absolute atomic E-state index is 13.0. The standard InChI is InChI=1S/C32H33N5O2/c33-31(39)23-6-4-22(5-7-23)24-8-10-27-25(17-24)9-11-28(27)37-20-32(21-37)12-15-35(16-13-32)30(38)18-26-19-36-14-2-1-3-29(36)34-26/h1-8,10,14,17,19,28H,9,11-13,15-16,18,20-21H2,(H2,33,39). The molecule has 2 aromatic carbocycles. The number of imidazole rings is 1. The number of hydrogen-bond donors (Lipinski definition) is 1. The van der Waals surface area contributed by atoms with Crippen LogP contribution in [0.3, 0.4) is 0 Å². The Morgan fingerprint density at radius 2 is 1.74 bits per heavy atom. The van der Waals surface area contributed by atoms with E-state index < -0.39 is 5.91 Å². The molecule has 4 heterocycles. The minimum absolute atomic E-state index is 0.189. The van der Waals surface area contributed by atoms with E-state index in [0.717, 1.165) is 62.3 Å². The minimum Gasteiger partial charge on any atom is -0.366 e. The first-order valence-corrected chi connectivity index (χ1v) is 13.9. The number of rotatable bonds is 5. The summed E-state index contributed by atoms with van der Waals surface area (Å²) in [5.74, 6) is -0.208. The zero-order valence-electron chi connectivity index (χ0n) is 22.1. The first-order chi connectivity index (χ1) is 19.0. The van der Waals surface area contributed by atoms with Crippen molar-refractivity contribution in [1.29, 1.82) is 0 Å². The molecule has 2 amide bonds. The first-order valence-electron chi connectivity index (χ1n) is 13.9. The van der Waals surface area contributed by atoms with Gasteiger partial charge in [0, 0.05) is 50.2 Å². The Morgan fingerprint density at radius 3 is 2.49 bits per heavy atom. The van der Waals surface area contributed by atoms with Gasteiger partial charge in [0.05, 0.1) is 12.1 Å². The second kappa shape index (κ2) is 9.35. The van der Waals surface area contributed by atoms with Crippen LogP contribution in [0.5, 0.6) is 0 Å². The molecule has 198 valence electrons. The van der Waals surface area contributed by atoms with Crippen molar-refractivity contribution in [1.82, 2.24) is 19.2 Å². The second-order valence-corrected chi connectivity index (χ2v) is 11.6. The predicted molar refractivity (Wildman–Crippen MR) is 150 cm³/mol. The van der Waals surface area contributed by atoms with Crippen molar-refractivity contribution in [2.45, 2.75) is 38.1 Å². The van der Waals surface area contributed by atoms with E-state index in [9.17, 15) is 9.59 Å². The predicted octanol–water partition coefficient (Wildman–Crippen LogP) is 4.25. The third-order valence-corrected chi connectivity index (χ3v) is 9.13. The van der Waals surface area contributed by atoms with Crippen LogP contribution in [0.25, 0.3) is 16.8 Å². The number of hydrogen-bond acceptors (Lipinski definition) is 4. The van der Waals surface area contributed by atoms with Crippen molar-refractivity contribution in [3.05, 3.63) is 95.4 Å². The number of likely N-dealkylation sites (tertiary alicyclic amines) is 2. The molecule has 2 fully saturated rings. The molecule has 1 aliphatic carbocycles. The van der Waals surface area contributed by atoms with Crippen LogP contribution in [0.2, 0.25) is 0 Å². The number of aromatic nitrogens is 2. The molecular formula is C32H33N5O2. The number of pyridine rings is 1. The summed E-state index contributed by atoms with van der Waals surface area (Å²) in [5, 5.41) is 0. The molecule has 2 saturated heterocycles. The number of piperidine rings is 1. The molecule has 1 unspecified atom stereocenters. The van der Waals surface area contributed by atoms with E-state index in [1.807, 2.05) is 52.0 Å². The van der Waals surface area contributed by atoms with Crippen molar-refractivity contribution >= 4 is 17.5 Å². The summed E-state index contributed by atoms with van der Waals surface area (Å²) in [6.45, 7) is 3.95. The molecule has 0 saturated carbocycles. The van der Waals surface area contributed by atoms with Gasteiger partial charge in [0.15, 0.2) is 0 Å². The molecule has 2 aromatic heterocycles. The molecule has 0 bridgehead atoms. The van der Waals surface area contributed by atoms with Gasteiger partial charge in [0.1, 0.15) is 5.65 Å². The van der Waals surface area contributed by atoms with Crippen molar-refractivity contribution < 1.29 is 9.59 Å². The van der Waals surface area contributed by atoms with Crippen LogP contribution in [-0.4, -0.2) is 57.2 Å². The summed E-state index contributed by atoms with van der Waals surface area (Å²) in [7, 11) is 0. The van der Waals surface area contributed by atoms with Crippen LogP contribution in [0.1, 0.15) is 52.5 Å². The molecule has 2 N–H and O–H groups in total. The lowest BCUT2D eigenvalue weighted by Gasteiger charge is -2.56. The highest BCUT2D eigenvalue weighted by Gasteiger charge is 2.48. The van der Waals surface area contributed by atoms with Crippen molar-refractivity contribution in [3.8, 4) is 11.1 Å². The number of aryl methyl sites for hydroxylation is 1. The number of primary amides is 1. The number of nitrogens with zero attached hydrogens (tertiary/aromatic N) is 4. The average Bonchev–Trinajstić information content (AvgIpc) is 3.55. The Bertz CT molecular complexity index is 1520. The highest BCUT2D eigenvalue weighted by molar-refractivity contribution is 5.93. The summed E-state index contributed by atoms with van der Waals surface area (Å²) >= 11 is 0. The van der Waals surface area contributed by atoms with Gasteiger partial charge >= 0.3 is 0 Å². The van der Waals surface area contributed by atoms with Gasteiger partial charge in [-0.05, 0) is 77.6 Å². The van der Waals surface area contributed by atoms with Gasteiger partial charge in [-0.3, -0.25) is 14.5 Å². The van der Waals surface area contributed by atoms with Gasteiger partial charge in [-0.15, -0.1) is 0 Å². The molecule has 1 spiro atoms. The lowest BCUT2D eigenvalue weighted by atomic mass is 9.71. The molecular weight excluding hydrogens is 486 g/mol. The number of amides is 2. The zero-order chi connectivity index (χ0) is 26.6. The molecule has 1 atom stereocenters. The van der Waals surface area contributed by atoms with Crippen LogP contribution in [-0.2, 0) is 17.6 Å². The van der Waals surface area contributed by atoms with Crippen LogP contribution in [0.15, 0.2) is 73.1 Å². The Kier molecular flexibility index (Phi) is 5.77. The number of nitrogens with two attached hydrogens (primary N) is 1. The summed E-state index contributed by atoms with van der Waals surface area (Å²) in [4.78, 5) is 33.7. The van der Waals surface area contributed by atoms with Gasteiger partial charge in [0.2, 0.25) is 11.8 Å². The molecule has 3 aliphatic rings. The Hall–Kier alpha value is -3.97. The molecule has 39 heavy (non-hydrogen) atoms. The zero-order valence-corrected chi connectivity index (χ0v) is 22.1. The maximum atomic E-state index is 13.0. The molecule has 4 aromatic rings. The van der Waals surface area contributed by atoms with Crippen molar-refractivity contribution in [2.75, 3.05) is 26.2 Å². The lowest BCUT2D eigenvalue weighted by molar-refractivity contribution is -0.136. The quantitative estimate of drug-likeness (QED) is 0.427. The van der Waals surface area contributed by atoms with Gasteiger partial charge in [-0.25, -0.2) is 4.98 Å². The number of carbonyl (C=O) groups is 2. The van der Waals surface area contributed by atoms with E-state index in [0.29, 0.717) is 23.4 Å². The maximum Gasteiger partial charge on any atom is 0.248 e. The van der Waals surface area contributed by atoms with Crippen molar-refractivity contribution in [3.63, 3.8) is 0 Å². The SMILES string of the molecule is NC(=O)c1ccc(-c2ccc3c(c2)CCC3N2CC3(CCN(C(=O)Cc4cn5ccccc5n4)CC3)C2)cc1. The van der Waals surface area contributed by atoms with Gasteiger partial charge < -0.3 is 15.0 Å². The summed E-state index contributed by atoms with van der Waals surface area (Å²) < 4.78 is 1.97. The lowest BCUT2D eigenvalue weighted by Crippen LogP contribution is -2.61. The van der Waals surface area contributed by atoms with Crippen LogP contribution in [0.4, 0.5) is 0 Å². The number of benzene rings is 2. The molecule has 2 aliphatic heterocycles. The molecule has 7 rings (SSSR count). The highest BCUT2D eigenvalue weighted by atomic mass is 16.2. The first kappa shape index (κ1) is 24.1. The monoisotopic (exact) mass is 519 g/mol. The van der Waals surface area contributed by atoms with E-state index in [-0.39, 0.29) is 5.91 Å². The van der Waals surface area contributed by atoms with Crippen molar-refractivity contribution in [2.24, 2.45) is 11.1 Å². The van der Waals surface area contributed by atoms with E-state index in [2.05, 4.69) is 28.1 Å². The van der Waals surface area contributed by atoms with E-state index >= 15 is 0 Å². The van der Waals surface area contributed by atoms with E-state index in [1.54, 1.807) is 12.1 Å². The van der Waals surface area contributed by atoms with Gasteiger partial charge in [0.25, 0.3) is 0 Å². The van der Waals surface area contributed by atoms with E-state index in [1.165, 1.54) is 23.1 Å². The largest absolute Gasteiger partial charge is 0.366 e. The third kappa shape index (κ3) is 4.40. The normalized spacial score (nSPS) is 20.2. The molecule has 0 radical (unpaired) electrons. The summed E-state index contributed by atoms with van der Waals surface area (Å²) in [5.41, 5.74) is 13.2. The number of fused-ring (bicyclic) bond motifs is 2. The van der Waals surface area contributed by atoms with Gasteiger partial charge in [-0.2, -0.15) is 0 Å². The number of carbonyl (C=O) groups excluding carboxylic acids is 2.